The van der Waals surface area contributed by atoms with Crippen molar-refractivity contribution in [1.82, 2.24) is 4.98 Å². The van der Waals surface area contributed by atoms with Crippen LogP contribution in [0.15, 0.2) is 30.3 Å². The summed E-state index contributed by atoms with van der Waals surface area (Å²) in [5.41, 5.74) is 1.68. The summed E-state index contributed by atoms with van der Waals surface area (Å²) in [5, 5.41) is 10.6. The zero-order valence-corrected chi connectivity index (χ0v) is 12.5. The third-order valence-corrected chi connectivity index (χ3v) is 4.35. The first kappa shape index (κ1) is 13.9. The average molecular weight is 279 g/mol. The number of rotatable bonds is 3. The summed E-state index contributed by atoms with van der Waals surface area (Å²) in [6.45, 7) is 3.25. The maximum atomic E-state index is 9.51. The molecule has 0 bridgehead atoms. The Morgan fingerprint density at radius 1 is 1.33 bits per heavy atom. The van der Waals surface area contributed by atoms with E-state index < -0.39 is 0 Å². The minimum Gasteiger partial charge on any atom is -0.353 e. The number of hydrogen-bond acceptors (Lipinski definition) is 3. The molecular weight excluding hydrogens is 258 g/mol. The Bertz CT molecular complexity index is 670. The summed E-state index contributed by atoms with van der Waals surface area (Å²) in [7, 11) is 0. The molecule has 3 rings (SSSR count). The molecule has 1 unspecified atom stereocenters. The summed E-state index contributed by atoms with van der Waals surface area (Å²) >= 11 is 0. The lowest BCUT2D eigenvalue weighted by Gasteiger charge is -2.37. The topological polar surface area (TPSA) is 39.9 Å². The van der Waals surface area contributed by atoms with Crippen molar-refractivity contribution < 1.29 is 0 Å². The van der Waals surface area contributed by atoms with Gasteiger partial charge in [0.05, 0.1) is 11.1 Å². The van der Waals surface area contributed by atoms with Crippen LogP contribution in [0.25, 0.3) is 10.9 Å². The molecule has 1 aromatic heterocycles. The van der Waals surface area contributed by atoms with Gasteiger partial charge in [-0.15, -0.1) is 0 Å². The zero-order chi connectivity index (χ0) is 14.7. The molecule has 1 fully saturated rings. The summed E-state index contributed by atoms with van der Waals surface area (Å²) in [5.74, 6) is 0.884. The molecule has 1 aromatic carbocycles. The predicted octanol–water partition coefficient (Wildman–Crippen LogP) is 4.27. The van der Waals surface area contributed by atoms with Gasteiger partial charge in [-0.05, 0) is 37.8 Å². The van der Waals surface area contributed by atoms with Crippen molar-refractivity contribution in [2.75, 3.05) is 11.4 Å². The summed E-state index contributed by atoms with van der Waals surface area (Å²) in [4.78, 5) is 7.18. The number of fused-ring (bicyclic) bond motifs is 1. The van der Waals surface area contributed by atoms with E-state index in [1.165, 1.54) is 32.1 Å². The summed E-state index contributed by atoms with van der Waals surface area (Å²) < 4.78 is 0. The lowest BCUT2D eigenvalue weighted by molar-refractivity contribution is 0.432. The highest BCUT2D eigenvalue weighted by atomic mass is 15.2. The fraction of sp³-hybridized carbons (Fsp3) is 0.444. The summed E-state index contributed by atoms with van der Waals surface area (Å²) in [6, 6.07) is 12.9. The van der Waals surface area contributed by atoms with E-state index in [0.717, 1.165) is 23.3 Å². The number of anilines is 1. The van der Waals surface area contributed by atoms with Gasteiger partial charge in [0.2, 0.25) is 0 Å². The van der Waals surface area contributed by atoms with Crippen molar-refractivity contribution in [2.24, 2.45) is 0 Å². The third kappa shape index (κ3) is 2.71. The SMILES string of the molecule is CCCC1CCCCN1c1nc2ccccc2cc1C#N. The molecule has 1 atom stereocenters. The van der Waals surface area contributed by atoms with E-state index in [9.17, 15) is 5.26 Å². The molecule has 2 heterocycles. The Morgan fingerprint density at radius 2 is 2.19 bits per heavy atom. The molecule has 1 aliphatic rings. The van der Waals surface area contributed by atoms with Crippen molar-refractivity contribution in [3.8, 4) is 6.07 Å². The number of aromatic nitrogens is 1. The van der Waals surface area contributed by atoms with Crippen LogP contribution in [-0.2, 0) is 0 Å². The monoisotopic (exact) mass is 279 g/mol. The van der Waals surface area contributed by atoms with Gasteiger partial charge >= 0.3 is 0 Å². The van der Waals surface area contributed by atoms with Crippen LogP contribution in [-0.4, -0.2) is 17.6 Å². The van der Waals surface area contributed by atoms with Crippen LogP contribution >= 0.6 is 0 Å². The van der Waals surface area contributed by atoms with Gasteiger partial charge in [-0.3, -0.25) is 0 Å². The normalized spacial score (nSPS) is 18.7. The lowest BCUT2D eigenvalue weighted by Crippen LogP contribution is -2.40. The van der Waals surface area contributed by atoms with E-state index in [4.69, 9.17) is 4.98 Å². The second-order valence-corrected chi connectivity index (χ2v) is 5.80. The van der Waals surface area contributed by atoms with Crippen LogP contribution in [0.5, 0.6) is 0 Å². The zero-order valence-electron chi connectivity index (χ0n) is 12.5. The molecule has 0 N–H and O–H groups in total. The van der Waals surface area contributed by atoms with E-state index in [1.807, 2.05) is 30.3 Å². The first-order valence-corrected chi connectivity index (χ1v) is 7.90. The standard InChI is InChI=1S/C18H21N3/c1-2-7-16-9-5-6-11-21(16)18-15(13-19)12-14-8-3-4-10-17(14)20-18/h3-4,8,10,12,16H,2,5-7,9,11H2,1H3. The van der Waals surface area contributed by atoms with E-state index in [0.29, 0.717) is 11.6 Å². The molecule has 3 nitrogen and oxygen atoms in total. The minimum atomic E-state index is 0.532. The smallest absolute Gasteiger partial charge is 0.147 e. The molecule has 1 aliphatic heterocycles. The number of hydrogen-bond donors (Lipinski definition) is 0. The molecule has 0 amide bonds. The van der Waals surface area contributed by atoms with E-state index in [-0.39, 0.29) is 0 Å². The third-order valence-electron chi connectivity index (χ3n) is 4.35. The molecule has 2 aromatic rings. The van der Waals surface area contributed by atoms with Crippen LogP contribution in [0.4, 0.5) is 5.82 Å². The molecule has 21 heavy (non-hydrogen) atoms. The maximum Gasteiger partial charge on any atom is 0.147 e. The van der Waals surface area contributed by atoms with Crippen LogP contribution in [0.3, 0.4) is 0 Å². The minimum absolute atomic E-state index is 0.532. The van der Waals surface area contributed by atoms with E-state index >= 15 is 0 Å². The quantitative estimate of drug-likeness (QED) is 0.842. The predicted molar refractivity (Wildman–Crippen MR) is 86.4 cm³/mol. The van der Waals surface area contributed by atoms with Crippen LogP contribution in [0.1, 0.15) is 44.6 Å². The van der Waals surface area contributed by atoms with Crippen LogP contribution < -0.4 is 4.90 Å². The molecule has 0 saturated carbocycles. The number of benzene rings is 1. The largest absolute Gasteiger partial charge is 0.353 e. The number of nitrogens with zero attached hydrogens (tertiary/aromatic N) is 3. The highest BCUT2D eigenvalue weighted by molar-refractivity contribution is 5.83. The Kier molecular flexibility index (Phi) is 4.06. The number of para-hydroxylation sites is 1. The lowest BCUT2D eigenvalue weighted by atomic mass is 9.97. The average Bonchev–Trinajstić information content (AvgIpc) is 2.54. The second-order valence-electron chi connectivity index (χ2n) is 5.80. The van der Waals surface area contributed by atoms with Gasteiger partial charge in [0.1, 0.15) is 11.9 Å². The Balaban J connectivity index is 2.07. The maximum absolute atomic E-state index is 9.51. The van der Waals surface area contributed by atoms with Crippen LogP contribution in [0, 0.1) is 11.3 Å². The van der Waals surface area contributed by atoms with Gasteiger partial charge in [-0.1, -0.05) is 31.5 Å². The number of piperidine rings is 1. The van der Waals surface area contributed by atoms with Gasteiger partial charge in [-0.25, -0.2) is 4.98 Å². The molecule has 3 heteroatoms. The highest BCUT2D eigenvalue weighted by Gasteiger charge is 2.25. The highest BCUT2D eigenvalue weighted by Crippen LogP contribution is 2.30. The van der Waals surface area contributed by atoms with Crippen molar-refractivity contribution in [2.45, 2.75) is 45.1 Å². The second kappa shape index (κ2) is 6.13. The Hall–Kier alpha value is -2.08. The van der Waals surface area contributed by atoms with Gasteiger partial charge < -0.3 is 4.90 Å². The van der Waals surface area contributed by atoms with Gasteiger partial charge in [-0.2, -0.15) is 5.26 Å². The molecule has 1 saturated heterocycles. The molecule has 0 spiro atoms. The Morgan fingerprint density at radius 3 is 3.00 bits per heavy atom. The van der Waals surface area contributed by atoms with Crippen LogP contribution in [0.2, 0.25) is 0 Å². The molecule has 0 radical (unpaired) electrons. The molecule has 0 aliphatic carbocycles. The van der Waals surface area contributed by atoms with Crippen molar-refractivity contribution >= 4 is 16.7 Å². The van der Waals surface area contributed by atoms with E-state index in [2.05, 4.69) is 17.9 Å². The summed E-state index contributed by atoms with van der Waals surface area (Å²) in [6.07, 6.45) is 6.06. The van der Waals surface area contributed by atoms with Gasteiger partial charge in [0, 0.05) is 18.0 Å². The fourth-order valence-corrected chi connectivity index (χ4v) is 3.32. The first-order valence-electron chi connectivity index (χ1n) is 7.90. The molecule has 108 valence electrons. The van der Waals surface area contributed by atoms with E-state index in [1.54, 1.807) is 0 Å². The first-order chi connectivity index (χ1) is 10.3. The molecular formula is C18H21N3. The number of nitriles is 1. The van der Waals surface area contributed by atoms with Crippen molar-refractivity contribution in [3.63, 3.8) is 0 Å². The van der Waals surface area contributed by atoms with Gasteiger partial charge in [0.15, 0.2) is 0 Å². The Labute approximate surface area is 126 Å². The number of pyridine rings is 1. The van der Waals surface area contributed by atoms with Crippen molar-refractivity contribution in [1.29, 1.82) is 5.26 Å². The fourth-order valence-electron chi connectivity index (χ4n) is 3.32. The van der Waals surface area contributed by atoms with Crippen molar-refractivity contribution in [3.05, 3.63) is 35.9 Å². The van der Waals surface area contributed by atoms with Gasteiger partial charge in [0.25, 0.3) is 0 Å².